The van der Waals surface area contributed by atoms with E-state index in [0.717, 1.165) is 0 Å². The molecule has 1 aromatic carbocycles. The first-order valence-corrected chi connectivity index (χ1v) is 8.36. The van der Waals surface area contributed by atoms with E-state index in [-0.39, 0.29) is 35.7 Å². The number of aliphatic carboxylic acids is 1. The number of amides is 1. The van der Waals surface area contributed by atoms with Gasteiger partial charge >= 0.3 is 5.63 Å². The Morgan fingerprint density at radius 2 is 1.88 bits per heavy atom. The van der Waals surface area contributed by atoms with Crippen molar-refractivity contribution in [3.63, 3.8) is 0 Å². The van der Waals surface area contributed by atoms with Crippen molar-refractivity contribution in [3.05, 3.63) is 39.2 Å². The first kappa shape index (κ1) is 19.5. The number of carboxylic acids is 1. The molecule has 7 nitrogen and oxygen atoms in total. The zero-order chi connectivity index (χ0) is 19.6. The van der Waals surface area contributed by atoms with Crippen molar-refractivity contribution in [2.75, 3.05) is 0 Å². The maximum atomic E-state index is 12.3. The van der Waals surface area contributed by atoms with Crippen LogP contribution in [-0.2, 0) is 16.0 Å². The van der Waals surface area contributed by atoms with E-state index in [1.165, 1.54) is 6.07 Å². The smallest absolute Gasteiger partial charge is 0.340 e. The van der Waals surface area contributed by atoms with Gasteiger partial charge in [-0.2, -0.15) is 0 Å². The molecule has 140 valence electrons. The van der Waals surface area contributed by atoms with E-state index in [0.29, 0.717) is 16.5 Å². The van der Waals surface area contributed by atoms with Crippen LogP contribution in [0.1, 0.15) is 37.0 Å². The van der Waals surface area contributed by atoms with E-state index in [1.807, 2.05) is 13.8 Å². The number of carbonyl (C=O) groups is 2. The molecule has 7 heteroatoms. The Kier molecular flexibility index (Phi) is 5.69. The highest BCUT2D eigenvalue weighted by molar-refractivity contribution is 5.88. The number of benzene rings is 1. The number of carboxylic acid groups (broad SMARTS) is 1. The largest absolute Gasteiger partial charge is 0.548 e. The summed E-state index contributed by atoms with van der Waals surface area (Å²) >= 11 is 0. The highest BCUT2D eigenvalue weighted by Gasteiger charge is 2.20. The summed E-state index contributed by atoms with van der Waals surface area (Å²) in [5, 5.41) is 23.9. The Morgan fingerprint density at radius 1 is 1.23 bits per heavy atom. The van der Waals surface area contributed by atoms with Crippen LogP contribution in [0.5, 0.6) is 5.75 Å². The minimum atomic E-state index is -1.36. The topological polar surface area (TPSA) is 120 Å². The molecule has 1 amide bonds. The first-order valence-electron chi connectivity index (χ1n) is 8.36. The number of fused-ring (bicyclic) bond motifs is 1. The predicted octanol–water partition coefficient (Wildman–Crippen LogP) is 0.939. The van der Waals surface area contributed by atoms with Crippen LogP contribution in [0, 0.1) is 19.8 Å². The standard InChI is InChI=1S/C19H23NO6/c1-9(2)7-14(18(23)24)20-16(22)8-13-10(3)12-5-6-15(21)11(4)17(12)26-19(13)25/h5-6,9,14,21H,7-8H2,1-4H3,(H,20,22)(H,23,24)/p-1/t14-/m0/s1. The minimum absolute atomic E-state index is 0.0102. The monoisotopic (exact) mass is 360 g/mol. The van der Waals surface area contributed by atoms with Gasteiger partial charge in [0.1, 0.15) is 11.3 Å². The Labute approximate surface area is 150 Å². The van der Waals surface area contributed by atoms with E-state index < -0.39 is 23.5 Å². The van der Waals surface area contributed by atoms with Crippen LogP contribution in [0.3, 0.4) is 0 Å². The molecule has 26 heavy (non-hydrogen) atoms. The van der Waals surface area contributed by atoms with Crippen LogP contribution in [0.4, 0.5) is 0 Å². The predicted molar refractivity (Wildman–Crippen MR) is 93.7 cm³/mol. The zero-order valence-electron chi connectivity index (χ0n) is 15.2. The summed E-state index contributed by atoms with van der Waals surface area (Å²) in [6, 6.07) is 1.98. The lowest BCUT2D eigenvalue weighted by Crippen LogP contribution is -2.49. The third kappa shape index (κ3) is 4.04. The number of hydrogen-bond donors (Lipinski definition) is 2. The van der Waals surface area contributed by atoms with Crippen molar-refractivity contribution in [2.24, 2.45) is 5.92 Å². The molecular formula is C19H22NO6-. The van der Waals surface area contributed by atoms with Crippen LogP contribution in [0.15, 0.2) is 21.3 Å². The van der Waals surface area contributed by atoms with Crippen LogP contribution >= 0.6 is 0 Å². The number of hydrogen-bond acceptors (Lipinski definition) is 6. The summed E-state index contributed by atoms with van der Waals surface area (Å²) in [4.78, 5) is 35.7. The van der Waals surface area contributed by atoms with Crippen molar-refractivity contribution in [1.82, 2.24) is 5.32 Å². The molecule has 0 aliphatic rings. The lowest BCUT2D eigenvalue weighted by Gasteiger charge is -2.21. The van der Waals surface area contributed by atoms with Crippen molar-refractivity contribution in [1.29, 1.82) is 0 Å². The highest BCUT2D eigenvalue weighted by atomic mass is 16.4. The normalized spacial score (nSPS) is 12.3. The van der Waals surface area contributed by atoms with Crippen LogP contribution in [0.25, 0.3) is 11.0 Å². The number of carbonyl (C=O) groups excluding carboxylic acids is 2. The maximum absolute atomic E-state index is 12.3. The average Bonchev–Trinajstić information content (AvgIpc) is 2.54. The molecule has 0 aliphatic heterocycles. The number of aromatic hydroxyl groups is 1. The van der Waals surface area contributed by atoms with E-state index in [9.17, 15) is 24.6 Å². The highest BCUT2D eigenvalue weighted by Crippen LogP contribution is 2.28. The van der Waals surface area contributed by atoms with Gasteiger partial charge in [0.2, 0.25) is 5.91 Å². The molecule has 1 aromatic heterocycles. The van der Waals surface area contributed by atoms with Gasteiger partial charge in [-0.3, -0.25) is 4.79 Å². The van der Waals surface area contributed by atoms with E-state index >= 15 is 0 Å². The first-order chi connectivity index (χ1) is 12.1. The number of rotatable bonds is 6. The molecule has 0 aliphatic carbocycles. The molecule has 0 saturated carbocycles. The number of nitrogens with one attached hydrogen (secondary N) is 1. The summed E-state index contributed by atoms with van der Waals surface area (Å²) in [6.07, 6.45) is -0.0657. The fourth-order valence-corrected chi connectivity index (χ4v) is 2.87. The molecular weight excluding hydrogens is 338 g/mol. The van der Waals surface area contributed by atoms with Crippen molar-refractivity contribution in [2.45, 2.75) is 46.6 Å². The summed E-state index contributed by atoms with van der Waals surface area (Å²) < 4.78 is 5.28. The molecule has 2 rings (SSSR count). The van der Waals surface area contributed by atoms with Gasteiger partial charge in [-0.1, -0.05) is 13.8 Å². The molecule has 0 radical (unpaired) electrons. The average molecular weight is 360 g/mol. The summed E-state index contributed by atoms with van der Waals surface area (Å²) in [5.41, 5.74) is 0.731. The summed E-state index contributed by atoms with van der Waals surface area (Å²) in [5.74, 6) is -1.89. The maximum Gasteiger partial charge on any atom is 0.340 e. The second-order valence-electron chi connectivity index (χ2n) is 6.82. The number of phenolic OH excluding ortho intramolecular Hbond substituents is 1. The van der Waals surface area contributed by atoms with Gasteiger partial charge in [0.05, 0.1) is 24.0 Å². The fourth-order valence-electron chi connectivity index (χ4n) is 2.87. The summed E-state index contributed by atoms with van der Waals surface area (Å²) in [6.45, 7) is 6.98. The molecule has 2 N–H and O–H groups in total. The fraction of sp³-hybridized carbons (Fsp3) is 0.421. The molecule has 0 fully saturated rings. The van der Waals surface area contributed by atoms with E-state index in [1.54, 1.807) is 19.9 Å². The summed E-state index contributed by atoms with van der Waals surface area (Å²) in [7, 11) is 0. The number of phenols is 1. The van der Waals surface area contributed by atoms with Crippen LogP contribution in [-0.4, -0.2) is 23.0 Å². The van der Waals surface area contributed by atoms with Crippen molar-refractivity contribution in [3.8, 4) is 5.75 Å². The third-order valence-corrected chi connectivity index (χ3v) is 4.34. The lowest BCUT2D eigenvalue weighted by atomic mass is 10.0. The molecule has 0 unspecified atom stereocenters. The Bertz CT molecular complexity index is 912. The Hall–Kier alpha value is -2.83. The third-order valence-electron chi connectivity index (χ3n) is 4.34. The van der Waals surface area contributed by atoms with E-state index in [2.05, 4.69) is 5.32 Å². The second kappa shape index (κ2) is 7.59. The van der Waals surface area contributed by atoms with Gasteiger partial charge in [-0.05, 0) is 43.9 Å². The quantitative estimate of drug-likeness (QED) is 0.740. The lowest BCUT2D eigenvalue weighted by molar-refractivity contribution is -0.308. The minimum Gasteiger partial charge on any atom is -0.548 e. The van der Waals surface area contributed by atoms with Crippen molar-refractivity contribution < 1.29 is 24.2 Å². The van der Waals surface area contributed by atoms with Gasteiger partial charge in [-0.15, -0.1) is 0 Å². The Morgan fingerprint density at radius 3 is 2.46 bits per heavy atom. The number of aryl methyl sites for hydroxylation is 2. The van der Waals surface area contributed by atoms with Gasteiger partial charge in [0.25, 0.3) is 0 Å². The van der Waals surface area contributed by atoms with E-state index in [4.69, 9.17) is 4.42 Å². The Balaban J connectivity index is 2.33. The van der Waals surface area contributed by atoms with Gasteiger partial charge in [0.15, 0.2) is 0 Å². The second-order valence-corrected chi connectivity index (χ2v) is 6.82. The molecule has 0 saturated heterocycles. The molecule has 1 heterocycles. The molecule has 0 spiro atoms. The SMILES string of the molecule is Cc1c(CC(=O)N[C@@H](CC(C)C)C(=O)[O-])c(=O)oc2c(C)c(O)ccc12. The van der Waals surface area contributed by atoms with Gasteiger partial charge in [0, 0.05) is 10.9 Å². The molecule has 0 bridgehead atoms. The molecule has 1 atom stereocenters. The zero-order valence-corrected chi connectivity index (χ0v) is 15.2. The van der Waals surface area contributed by atoms with Gasteiger partial charge in [-0.25, -0.2) is 4.79 Å². The van der Waals surface area contributed by atoms with Crippen LogP contribution < -0.4 is 16.0 Å². The van der Waals surface area contributed by atoms with Crippen molar-refractivity contribution >= 4 is 22.8 Å². The molecule has 2 aromatic rings. The van der Waals surface area contributed by atoms with Gasteiger partial charge < -0.3 is 24.7 Å². The van der Waals surface area contributed by atoms with Crippen LogP contribution in [0.2, 0.25) is 0 Å².